The van der Waals surface area contributed by atoms with E-state index < -0.39 is 12.1 Å². The second-order valence-electron chi connectivity index (χ2n) is 4.15. The predicted octanol–water partition coefficient (Wildman–Crippen LogP) is 3.94. The van der Waals surface area contributed by atoms with Crippen LogP contribution in [0.5, 0.6) is 5.75 Å². The van der Waals surface area contributed by atoms with Gasteiger partial charge in [0.2, 0.25) is 0 Å². The minimum atomic E-state index is -4.83. The SMILES string of the molecule is N#Cc1cc(OC(F)(F)F)cc(-c2ccc(C=O)cc2)c1. The number of benzene rings is 2. The van der Waals surface area contributed by atoms with Gasteiger partial charge in [-0.05, 0) is 29.3 Å². The summed E-state index contributed by atoms with van der Waals surface area (Å²) in [6.07, 6.45) is -4.17. The quantitative estimate of drug-likeness (QED) is 0.805. The van der Waals surface area contributed by atoms with Crippen LogP contribution in [0.25, 0.3) is 11.1 Å². The van der Waals surface area contributed by atoms with Crippen LogP contribution in [0.1, 0.15) is 15.9 Å². The molecule has 0 bridgehead atoms. The van der Waals surface area contributed by atoms with Crippen LogP contribution >= 0.6 is 0 Å². The van der Waals surface area contributed by atoms with E-state index in [0.29, 0.717) is 23.0 Å². The summed E-state index contributed by atoms with van der Waals surface area (Å²) in [4.78, 5) is 10.6. The van der Waals surface area contributed by atoms with E-state index >= 15 is 0 Å². The van der Waals surface area contributed by atoms with Crippen LogP contribution < -0.4 is 4.74 Å². The molecule has 0 amide bonds. The van der Waals surface area contributed by atoms with Gasteiger partial charge in [0.15, 0.2) is 0 Å². The average molecular weight is 291 g/mol. The molecule has 6 heteroatoms. The van der Waals surface area contributed by atoms with Crippen molar-refractivity contribution < 1.29 is 22.7 Å². The van der Waals surface area contributed by atoms with Gasteiger partial charge in [-0.2, -0.15) is 5.26 Å². The normalized spacial score (nSPS) is 10.8. The molecule has 0 saturated heterocycles. The van der Waals surface area contributed by atoms with Crippen LogP contribution in [0, 0.1) is 11.3 Å². The molecular weight excluding hydrogens is 283 g/mol. The number of rotatable bonds is 3. The molecule has 0 aliphatic carbocycles. The molecule has 2 aromatic carbocycles. The van der Waals surface area contributed by atoms with Gasteiger partial charge >= 0.3 is 6.36 Å². The van der Waals surface area contributed by atoms with Crippen molar-refractivity contribution in [1.29, 1.82) is 5.26 Å². The summed E-state index contributed by atoms with van der Waals surface area (Å²) in [5.41, 5.74) is 1.46. The van der Waals surface area contributed by atoms with Crippen LogP contribution in [-0.2, 0) is 0 Å². The molecule has 0 aliphatic rings. The Balaban J connectivity index is 2.45. The van der Waals surface area contributed by atoms with Crippen LogP contribution in [0.15, 0.2) is 42.5 Å². The number of ether oxygens (including phenoxy) is 1. The topological polar surface area (TPSA) is 50.1 Å². The first-order valence-corrected chi connectivity index (χ1v) is 5.78. The molecule has 0 aromatic heterocycles. The second-order valence-corrected chi connectivity index (χ2v) is 4.15. The maximum Gasteiger partial charge on any atom is 0.573 e. The number of hydrogen-bond donors (Lipinski definition) is 0. The highest BCUT2D eigenvalue weighted by Crippen LogP contribution is 2.29. The number of aldehydes is 1. The van der Waals surface area contributed by atoms with Crippen molar-refractivity contribution >= 4 is 6.29 Å². The van der Waals surface area contributed by atoms with Crippen LogP contribution in [0.4, 0.5) is 13.2 Å². The summed E-state index contributed by atoms with van der Waals surface area (Å²) in [5, 5.41) is 8.88. The van der Waals surface area contributed by atoms with Crippen molar-refractivity contribution in [2.75, 3.05) is 0 Å². The van der Waals surface area contributed by atoms with Crippen molar-refractivity contribution in [3.05, 3.63) is 53.6 Å². The summed E-state index contributed by atoms with van der Waals surface area (Å²) in [5.74, 6) is -0.462. The van der Waals surface area contributed by atoms with E-state index in [1.165, 1.54) is 24.3 Å². The lowest BCUT2D eigenvalue weighted by molar-refractivity contribution is -0.274. The maximum absolute atomic E-state index is 12.3. The molecule has 0 aliphatic heterocycles. The van der Waals surface area contributed by atoms with E-state index in [2.05, 4.69) is 4.74 Å². The predicted molar refractivity (Wildman–Crippen MR) is 68.7 cm³/mol. The Labute approximate surface area is 118 Å². The molecule has 106 valence electrons. The van der Waals surface area contributed by atoms with Gasteiger partial charge in [0.1, 0.15) is 12.0 Å². The monoisotopic (exact) mass is 291 g/mol. The minimum absolute atomic E-state index is 0.0474. The first kappa shape index (κ1) is 14.6. The largest absolute Gasteiger partial charge is 0.573 e. The third-order valence-corrected chi connectivity index (χ3v) is 2.65. The Morgan fingerprint density at radius 2 is 1.71 bits per heavy atom. The number of nitrogens with zero attached hydrogens (tertiary/aromatic N) is 1. The van der Waals surface area contributed by atoms with Gasteiger partial charge in [-0.15, -0.1) is 13.2 Å². The molecular formula is C15H8F3NO2. The fourth-order valence-corrected chi connectivity index (χ4v) is 1.78. The fraction of sp³-hybridized carbons (Fsp3) is 0.0667. The molecule has 0 heterocycles. The minimum Gasteiger partial charge on any atom is -0.406 e. The van der Waals surface area contributed by atoms with Gasteiger partial charge in [-0.25, -0.2) is 0 Å². The van der Waals surface area contributed by atoms with Crippen molar-refractivity contribution in [3.63, 3.8) is 0 Å². The maximum atomic E-state index is 12.3. The number of carbonyl (C=O) groups excluding carboxylic acids is 1. The molecule has 2 rings (SSSR count). The second kappa shape index (κ2) is 5.67. The van der Waals surface area contributed by atoms with Crippen molar-refractivity contribution in [1.82, 2.24) is 0 Å². The zero-order valence-corrected chi connectivity index (χ0v) is 10.5. The van der Waals surface area contributed by atoms with Gasteiger partial charge in [0, 0.05) is 5.56 Å². The Kier molecular flexibility index (Phi) is 3.94. The number of hydrogen-bond acceptors (Lipinski definition) is 3. The molecule has 2 aromatic rings. The van der Waals surface area contributed by atoms with Crippen LogP contribution in [0.3, 0.4) is 0 Å². The standard InChI is InChI=1S/C15H8F3NO2/c16-15(17,18)21-14-6-11(8-19)5-13(7-14)12-3-1-10(9-20)2-4-12/h1-7,9H. The van der Waals surface area contributed by atoms with Crippen molar-refractivity contribution in [2.45, 2.75) is 6.36 Å². The highest BCUT2D eigenvalue weighted by molar-refractivity contribution is 5.77. The number of halogens is 3. The molecule has 21 heavy (non-hydrogen) atoms. The zero-order valence-electron chi connectivity index (χ0n) is 10.5. The Morgan fingerprint density at radius 3 is 2.24 bits per heavy atom. The summed E-state index contributed by atoms with van der Waals surface area (Å²) in [6, 6.07) is 11.7. The molecule has 0 spiro atoms. The Bertz CT molecular complexity index is 700. The van der Waals surface area contributed by atoms with E-state index in [9.17, 15) is 18.0 Å². The summed E-state index contributed by atoms with van der Waals surface area (Å²) >= 11 is 0. The van der Waals surface area contributed by atoms with Gasteiger partial charge in [0.25, 0.3) is 0 Å². The summed E-state index contributed by atoms with van der Waals surface area (Å²) in [6.45, 7) is 0. The molecule has 0 saturated carbocycles. The first-order chi connectivity index (χ1) is 9.91. The highest BCUT2D eigenvalue weighted by Gasteiger charge is 2.31. The average Bonchev–Trinajstić information content (AvgIpc) is 2.45. The van der Waals surface area contributed by atoms with Gasteiger partial charge < -0.3 is 4.74 Å². The highest BCUT2D eigenvalue weighted by atomic mass is 19.4. The number of alkyl halides is 3. The molecule has 0 unspecified atom stereocenters. The summed E-state index contributed by atoms with van der Waals surface area (Å²) < 4.78 is 40.6. The van der Waals surface area contributed by atoms with Gasteiger partial charge in [-0.1, -0.05) is 24.3 Å². The molecule has 0 N–H and O–H groups in total. The molecule has 0 fully saturated rings. The Morgan fingerprint density at radius 1 is 1.05 bits per heavy atom. The van der Waals surface area contributed by atoms with Crippen LogP contribution in [-0.4, -0.2) is 12.6 Å². The lowest BCUT2D eigenvalue weighted by Gasteiger charge is -2.11. The lowest BCUT2D eigenvalue weighted by Crippen LogP contribution is -2.17. The van der Waals surface area contributed by atoms with E-state index in [1.807, 2.05) is 0 Å². The Hall–Kier alpha value is -2.81. The third kappa shape index (κ3) is 3.83. The van der Waals surface area contributed by atoms with E-state index in [4.69, 9.17) is 5.26 Å². The lowest BCUT2D eigenvalue weighted by atomic mass is 10.0. The van der Waals surface area contributed by atoms with Crippen LogP contribution in [0.2, 0.25) is 0 Å². The van der Waals surface area contributed by atoms with E-state index in [0.717, 1.165) is 6.07 Å². The molecule has 0 atom stereocenters. The van der Waals surface area contributed by atoms with E-state index in [-0.39, 0.29) is 5.56 Å². The molecule has 0 radical (unpaired) electrons. The molecule has 3 nitrogen and oxygen atoms in total. The van der Waals surface area contributed by atoms with Gasteiger partial charge in [0.05, 0.1) is 11.6 Å². The summed E-state index contributed by atoms with van der Waals surface area (Å²) in [7, 11) is 0. The fourth-order valence-electron chi connectivity index (χ4n) is 1.78. The van der Waals surface area contributed by atoms with Crippen molar-refractivity contribution in [3.8, 4) is 22.9 Å². The first-order valence-electron chi connectivity index (χ1n) is 5.78. The third-order valence-electron chi connectivity index (χ3n) is 2.65. The zero-order chi connectivity index (χ0) is 15.5. The van der Waals surface area contributed by atoms with Gasteiger partial charge in [-0.3, -0.25) is 4.79 Å². The smallest absolute Gasteiger partial charge is 0.406 e. The number of nitriles is 1. The number of carbonyl (C=O) groups is 1. The van der Waals surface area contributed by atoms with Crippen molar-refractivity contribution in [2.24, 2.45) is 0 Å². The van der Waals surface area contributed by atoms with E-state index in [1.54, 1.807) is 18.2 Å².